The quantitative estimate of drug-likeness (QED) is 0.884. The van der Waals surface area contributed by atoms with Crippen molar-refractivity contribution in [1.29, 1.82) is 0 Å². The van der Waals surface area contributed by atoms with Gasteiger partial charge in [-0.3, -0.25) is 4.79 Å². The Hall–Kier alpha value is -2.10. The van der Waals surface area contributed by atoms with Gasteiger partial charge in [0.15, 0.2) is 0 Å². The number of carboxylic acids is 1. The molecule has 0 aliphatic carbocycles. The third-order valence-corrected chi connectivity index (χ3v) is 3.30. The van der Waals surface area contributed by atoms with Crippen molar-refractivity contribution in [2.24, 2.45) is 0 Å². The SMILES string of the molecule is CCC(C(=O)O)c1ncc(-c2ccc(C)cc2C)[nH]1. The maximum Gasteiger partial charge on any atom is 0.314 e. The first-order chi connectivity index (χ1) is 9.02. The number of hydrogen-bond donors (Lipinski definition) is 2. The van der Waals surface area contributed by atoms with Gasteiger partial charge in [0, 0.05) is 5.56 Å². The number of carboxylic acid groups (broad SMARTS) is 1. The van der Waals surface area contributed by atoms with Crippen molar-refractivity contribution in [3.63, 3.8) is 0 Å². The number of nitrogens with zero attached hydrogens (tertiary/aromatic N) is 1. The highest BCUT2D eigenvalue weighted by atomic mass is 16.4. The van der Waals surface area contributed by atoms with E-state index < -0.39 is 11.9 Å². The number of imidazole rings is 1. The largest absolute Gasteiger partial charge is 0.481 e. The van der Waals surface area contributed by atoms with E-state index in [9.17, 15) is 4.79 Å². The van der Waals surface area contributed by atoms with E-state index in [2.05, 4.69) is 16.0 Å². The highest BCUT2D eigenvalue weighted by Gasteiger charge is 2.21. The minimum absolute atomic E-state index is 0.518. The highest BCUT2D eigenvalue weighted by molar-refractivity contribution is 5.75. The minimum Gasteiger partial charge on any atom is -0.481 e. The fourth-order valence-electron chi connectivity index (χ4n) is 2.25. The first-order valence-corrected chi connectivity index (χ1v) is 6.38. The van der Waals surface area contributed by atoms with Crippen molar-refractivity contribution in [2.75, 3.05) is 0 Å². The monoisotopic (exact) mass is 258 g/mol. The summed E-state index contributed by atoms with van der Waals surface area (Å²) < 4.78 is 0. The van der Waals surface area contributed by atoms with E-state index in [0.29, 0.717) is 12.2 Å². The molecule has 4 heteroatoms. The van der Waals surface area contributed by atoms with Crippen molar-refractivity contribution in [2.45, 2.75) is 33.1 Å². The number of aromatic amines is 1. The normalized spacial score (nSPS) is 12.4. The van der Waals surface area contributed by atoms with Crippen LogP contribution >= 0.6 is 0 Å². The second-order valence-electron chi connectivity index (χ2n) is 4.80. The van der Waals surface area contributed by atoms with Crippen LogP contribution in [0.3, 0.4) is 0 Å². The Labute approximate surface area is 112 Å². The van der Waals surface area contributed by atoms with Crippen LogP contribution in [0.25, 0.3) is 11.3 Å². The van der Waals surface area contributed by atoms with E-state index in [0.717, 1.165) is 16.8 Å². The topological polar surface area (TPSA) is 66.0 Å². The lowest BCUT2D eigenvalue weighted by atomic mass is 10.0. The zero-order valence-electron chi connectivity index (χ0n) is 11.4. The smallest absolute Gasteiger partial charge is 0.314 e. The van der Waals surface area contributed by atoms with Crippen LogP contribution in [0.1, 0.15) is 36.2 Å². The Morgan fingerprint density at radius 3 is 2.74 bits per heavy atom. The highest BCUT2D eigenvalue weighted by Crippen LogP contribution is 2.25. The lowest BCUT2D eigenvalue weighted by molar-refractivity contribution is -0.139. The summed E-state index contributed by atoms with van der Waals surface area (Å²) in [6, 6.07) is 6.17. The lowest BCUT2D eigenvalue weighted by Crippen LogP contribution is -2.11. The maximum absolute atomic E-state index is 11.1. The molecule has 0 amide bonds. The van der Waals surface area contributed by atoms with Crippen LogP contribution in [0.15, 0.2) is 24.4 Å². The maximum atomic E-state index is 11.1. The summed E-state index contributed by atoms with van der Waals surface area (Å²) in [5.74, 6) is -0.895. The summed E-state index contributed by atoms with van der Waals surface area (Å²) in [6.07, 6.45) is 2.23. The Morgan fingerprint density at radius 2 is 2.16 bits per heavy atom. The number of aliphatic carboxylic acids is 1. The van der Waals surface area contributed by atoms with Gasteiger partial charge in [-0.25, -0.2) is 4.98 Å². The van der Waals surface area contributed by atoms with E-state index in [1.54, 1.807) is 6.20 Å². The summed E-state index contributed by atoms with van der Waals surface area (Å²) in [4.78, 5) is 18.5. The molecule has 1 unspecified atom stereocenters. The van der Waals surface area contributed by atoms with Crippen LogP contribution in [-0.4, -0.2) is 21.0 Å². The average molecular weight is 258 g/mol. The molecule has 0 aliphatic heterocycles. The molecule has 19 heavy (non-hydrogen) atoms. The van der Waals surface area contributed by atoms with Crippen LogP contribution in [0.2, 0.25) is 0 Å². The average Bonchev–Trinajstić information content (AvgIpc) is 2.78. The summed E-state index contributed by atoms with van der Waals surface area (Å²) in [7, 11) is 0. The van der Waals surface area contributed by atoms with Crippen molar-refractivity contribution in [3.8, 4) is 11.3 Å². The molecule has 0 bridgehead atoms. The number of nitrogens with one attached hydrogen (secondary N) is 1. The van der Waals surface area contributed by atoms with Gasteiger partial charge in [0.1, 0.15) is 11.7 Å². The predicted molar refractivity (Wildman–Crippen MR) is 74.2 cm³/mol. The summed E-state index contributed by atoms with van der Waals surface area (Å²) in [5, 5.41) is 9.14. The first kappa shape index (κ1) is 13.3. The zero-order chi connectivity index (χ0) is 14.0. The second-order valence-corrected chi connectivity index (χ2v) is 4.80. The van der Waals surface area contributed by atoms with Gasteiger partial charge in [0.25, 0.3) is 0 Å². The molecule has 1 aromatic carbocycles. The van der Waals surface area contributed by atoms with Crippen molar-refractivity contribution in [3.05, 3.63) is 41.3 Å². The van der Waals surface area contributed by atoms with E-state index >= 15 is 0 Å². The number of aromatic nitrogens is 2. The molecule has 2 rings (SSSR count). The molecular formula is C15H18N2O2. The van der Waals surface area contributed by atoms with Gasteiger partial charge in [-0.05, 0) is 25.8 Å². The van der Waals surface area contributed by atoms with E-state index in [4.69, 9.17) is 5.11 Å². The van der Waals surface area contributed by atoms with Gasteiger partial charge in [0.05, 0.1) is 11.9 Å². The number of rotatable bonds is 4. The van der Waals surface area contributed by atoms with Gasteiger partial charge in [-0.15, -0.1) is 0 Å². The van der Waals surface area contributed by atoms with Crippen LogP contribution in [0, 0.1) is 13.8 Å². The number of benzene rings is 1. The molecule has 2 N–H and O–H groups in total. The molecule has 2 aromatic rings. The molecule has 0 aliphatic rings. The van der Waals surface area contributed by atoms with E-state index in [-0.39, 0.29) is 0 Å². The third-order valence-electron chi connectivity index (χ3n) is 3.30. The molecule has 1 aromatic heterocycles. The third kappa shape index (κ3) is 2.67. The fourth-order valence-corrected chi connectivity index (χ4v) is 2.25. The van der Waals surface area contributed by atoms with Gasteiger partial charge >= 0.3 is 5.97 Å². The van der Waals surface area contributed by atoms with Gasteiger partial charge in [-0.2, -0.15) is 0 Å². The zero-order valence-corrected chi connectivity index (χ0v) is 11.4. The number of aryl methyl sites for hydroxylation is 2. The Balaban J connectivity index is 2.38. The molecule has 0 spiro atoms. The number of hydrogen-bond acceptors (Lipinski definition) is 2. The molecule has 4 nitrogen and oxygen atoms in total. The van der Waals surface area contributed by atoms with Gasteiger partial charge in [-0.1, -0.05) is 30.7 Å². The second kappa shape index (κ2) is 5.26. The van der Waals surface area contributed by atoms with Crippen LogP contribution in [-0.2, 0) is 4.79 Å². The van der Waals surface area contributed by atoms with Crippen molar-refractivity contribution < 1.29 is 9.90 Å². The predicted octanol–water partition coefficient (Wildman–Crippen LogP) is 3.27. The van der Waals surface area contributed by atoms with Crippen LogP contribution in [0.4, 0.5) is 0 Å². The summed E-state index contributed by atoms with van der Waals surface area (Å²) >= 11 is 0. The van der Waals surface area contributed by atoms with Crippen LogP contribution in [0.5, 0.6) is 0 Å². The molecule has 1 heterocycles. The lowest BCUT2D eigenvalue weighted by Gasteiger charge is -2.06. The Bertz CT molecular complexity index is 602. The molecule has 1 atom stereocenters. The van der Waals surface area contributed by atoms with E-state index in [1.807, 2.05) is 32.9 Å². The summed E-state index contributed by atoms with van der Waals surface area (Å²) in [6.45, 7) is 5.93. The number of H-pyrrole nitrogens is 1. The molecule has 0 saturated heterocycles. The van der Waals surface area contributed by atoms with Gasteiger partial charge < -0.3 is 10.1 Å². The first-order valence-electron chi connectivity index (χ1n) is 6.38. The van der Waals surface area contributed by atoms with Gasteiger partial charge in [0.2, 0.25) is 0 Å². The standard InChI is InChI=1S/C15H18N2O2/c1-4-11(15(18)19)14-16-8-13(17-14)12-6-5-9(2)7-10(12)3/h5-8,11H,4H2,1-3H3,(H,16,17)(H,18,19). The Morgan fingerprint density at radius 1 is 1.42 bits per heavy atom. The molecular weight excluding hydrogens is 240 g/mol. The minimum atomic E-state index is -0.843. The molecule has 0 fully saturated rings. The summed E-state index contributed by atoms with van der Waals surface area (Å²) in [5.41, 5.74) is 4.29. The Kier molecular flexibility index (Phi) is 3.69. The molecule has 0 saturated carbocycles. The molecule has 0 radical (unpaired) electrons. The van der Waals surface area contributed by atoms with Crippen molar-refractivity contribution >= 4 is 5.97 Å². The number of carbonyl (C=O) groups is 1. The fraction of sp³-hybridized carbons (Fsp3) is 0.333. The van der Waals surface area contributed by atoms with Crippen LogP contribution < -0.4 is 0 Å². The van der Waals surface area contributed by atoms with E-state index in [1.165, 1.54) is 5.56 Å². The molecule has 100 valence electrons. The van der Waals surface area contributed by atoms with Crippen molar-refractivity contribution in [1.82, 2.24) is 9.97 Å².